The van der Waals surface area contributed by atoms with Crippen LogP contribution in [-0.4, -0.2) is 37.0 Å². The van der Waals surface area contributed by atoms with Crippen LogP contribution in [0.4, 0.5) is 14.5 Å². The minimum atomic E-state index is -2.58. The molecule has 4 rings (SSSR count). The molecule has 0 fully saturated rings. The van der Waals surface area contributed by atoms with Gasteiger partial charge in [0.2, 0.25) is 11.7 Å². The summed E-state index contributed by atoms with van der Waals surface area (Å²) in [4.78, 5) is 32.1. The Labute approximate surface area is 211 Å². The second-order valence-electron chi connectivity index (χ2n) is 7.80. The van der Waals surface area contributed by atoms with Crippen molar-refractivity contribution in [3.8, 4) is 11.1 Å². The number of amides is 1. The molecule has 0 aliphatic carbocycles. The number of nitrogens with zero attached hydrogens (tertiary/aromatic N) is 2. The zero-order valence-electron chi connectivity index (χ0n) is 18.7. The number of halogens is 3. The van der Waals surface area contributed by atoms with E-state index < -0.39 is 40.2 Å². The smallest absolute Gasteiger partial charge is 0.261 e. The van der Waals surface area contributed by atoms with Crippen LogP contribution in [0.3, 0.4) is 0 Å². The Morgan fingerprint density at radius 2 is 1.92 bits per heavy atom. The van der Waals surface area contributed by atoms with Gasteiger partial charge >= 0.3 is 0 Å². The van der Waals surface area contributed by atoms with E-state index in [0.29, 0.717) is 17.5 Å². The van der Waals surface area contributed by atoms with Crippen LogP contribution in [0, 0.1) is 11.6 Å². The maximum Gasteiger partial charge on any atom is 0.261 e. The van der Waals surface area contributed by atoms with Gasteiger partial charge in [-0.15, -0.1) is 0 Å². The third kappa shape index (κ3) is 4.60. The van der Waals surface area contributed by atoms with E-state index in [1.807, 2.05) is 0 Å². The highest BCUT2D eigenvalue weighted by atomic mass is 35.5. The quantitative estimate of drug-likeness (QED) is 0.221. The van der Waals surface area contributed by atoms with Crippen LogP contribution in [0.15, 0.2) is 48.8 Å². The molecule has 2 heterocycles. The average Bonchev–Trinajstić information content (AvgIpc) is 3.26. The summed E-state index contributed by atoms with van der Waals surface area (Å²) < 4.78 is 52.2. The molecule has 4 aromatic rings. The molecule has 2 aromatic carbocycles. The summed E-state index contributed by atoms with van der Waals surface area (Å²) in [6.45, 7) is 1.73. The summed E-state index contributed by atoms with van der Waals surface area (Å²) in [5.41, 5.74) is 5.46. The van der Waals surface area contributed by atoms with Crippen molar-refractivity contribution in [2.24, 2.45) is 5.73 Å². The van der Waals surface area contributed by atoms with Crippen LogP contribution in [0.5, 0.6) is 0 Å². The van der Waals surface area contributed by atoms with Gasteiger partial charge in [-0.3, -0.25) is 18.4 Å². The number of rotatable bonds is 8. The lowest BCUT2D eigenvalue weighted by Crippen LogP contribution is -2.27. The van der Waals surface area contributed by atoms with Crippen molar-refractivity contribution in [3.63, 3.8) is 0 Å². The molecule has 4 N–H and O–H groups in total. The largest absolute Gasteiger partial charge is 0.366 e. The third-order valence-electron chi connectivity index (χ3n) is 5.52. The van der Waals surface area contributed by atoms with Crippen LogP contribution in [0.25, 0.3) is 22.2 Å². The van der Waals surface area contributed by atoms with Crippen LogP contribution in [-0.2, 0) is 11.3 Å². The normalized spacial score (nSPS) is 12.0. The van der Waals surface area contributed by atoms with Gasteiger partial charge in [0.1, 0.15) is 11.5 Å². The Hall–Kier alpha value is -3.67. The highest BCUT2D eigenvalue weighted by Gasteiger charge is 2.27. The van der Waals surface area contributed by atoms with E-state index in [1.54, 1.807) is 19.1 Å². The number of aromatic amines is 1. The van der Waals surface area contributed by atoms with Crippen LogP contribution in [0.1, 0.15) is 39.6 Å². The maximum absolute atomic E-state index is 15.4. The average molecular weight is 533 g/mol. The number of H-pyrrole nitrogens is 1. The number of nitrogens with one attached hydrogen (secondary N) is 1. The second kappa shape index (κ2) is 10.1. The molecule has 1 atom stereocenters. The van der Waals surface area contributed by atoms with Crippen molar-refractivity contribution in [2.45, 2.75) is 13.3 Å². The molecule has 0 aliphatic heterocycles. The van der Waals surface area contributed by atoms with Gasteiger partial charge < -0.3 is 10.7 Å². The van der Waals surface area contributed by atoms with Gasteiger partial charge in [-0.1, -0.05) is 24.6 Å². The number of ketones is 1. The van der Waals surface area contributed by atoms with Gasteiger partial charge in [0.05, 0.1) is 21.8 Å². The van der Waals surface area contributed by atoms with Gasteiger partial charge in [-0.05, 0) is 42.3 Å². The molecule has 186 valence electrons. The fraction of sp³-hybridized carbons (Fsp3) is 0.125. The van der Waals surface area contributed by atoms with Crippen molar-refractivity contribution in [1.29, 1.82) is 0 Å². The van der Waals surface area contributed by atoms with Crippen molar-refractivity contribution in [3.05, 3.63) is 82.1 Å². The molecule has 12 heteroatoms. The lowest BCUT2D eigenvalue weighted by Gasteiger charge is -2.20. The van der Waals surface area contributed by atoms with Crippen molar-refractivity contribution in [2.75, 3.05) is 10.8 Å². The second-order valence-corrected chi connectivity index (χ2v) is 9.11. The highest BCUT2D eigenvalue weighted by molar-refractivity contribution is 7.80. The Balaban J connectivity index is 1.83. The van der Waals surface area contributed by atoms with Gasteiger partial charge in [0.25, 0.3) is 11.3 Å². The number of anilines is 1. The summed E-state index contributed by atoms with van der Waals surface area (Å²) in [6.07, 6.45) is 3.17. The lowest BCUT2D eigenvalue weighted by atomic mass is 9.99. The van der Waals surface area contributed by atoms with E-state index in [9.17, 15) is 22.7 Å². The van der Waals surface area contributed by atoms with E-state index in [1.165, 1.54) is 24.5 Å². The minimum Gasteiger partial charge on any atom is -0.366 e. The molecule has 1 unspecified atom stereocenters. The number of aromatic nitrogens is 2. The molecule has 8 nitrogen and oxygen atoms in total. The molecular weight excluding hydrogens is 514 g/mol. The van der Waals surface area contributed by atoms with Crippen LogP contribution >= 0.6 is 11.6 Å². The summed E-state index contributed by atoms with van der Waals surface area (Å²) in [5.74, 6) is -4.08. The number of carbonyl (C=O) groups excluding carboxylic acids is 2. The number of primary amides is 1. The Morgan fingerprint density at radius 3 is 2.58 bits per heavy atom. The number of carbonyl (C=O) groups is 2. The van der Waals surface area contributed by atoms with Gasteiger partial charge in [0, 0.05) is 35.5 Å². The molecule has 0 spiro atoms. The van der Waals surface area contributed by atoms with Crippen LogP contribution in [0.2, 0.25) is 5.02 Å². The van der Waals surface area contributed by atoms with Gasteiger partial charge in [-0.2, -0.15) is 0 Å². The van der Waals surface area contributed by atoms with Crippen molar-refractivity contribution in [1.82, 2.24) is 9.97 Å². The van der Waals surface area contributed by atoms with E-state index in [0.717, 1.165) is 16.4 Å². The molecule has 36 heavy (non-hydrogen) atoms. The third-order valence-corrected chi connectivity index (χ3v) is 6.61. The maximum atomic E-state index is 15.4. The van der Waals surface area contributed by atoms with Crippen LogP contribution < -0.4 is 10.0 Å². The Kier molecular flexibility index (Phi) is 7.16. The van der Waals surface area contributed by atoms with E-state index in [2.05, 4.69) is 9.97 Å². The van der Waals surface area contributed by atoms with E-state index >= 15 is 4.39 Å². The number of pyridine rings is 1. The van der Waals surface area contributed by atoms with Crippen molar-refractivity contribution >= 4 is 51.3 Å². The number of fused-ring (bicyclic) bond motifs is 1. The predicted octanol–water partition coefficient (Wildman–Crippen LogP) is 4.84. The molecule has 0 saturated carbocycles. The lowest BCUT2D eigenvalue weighted by molar-refractivity contribution is 0.0998. The standard InChI is InChI=1S/C24H19ClF2N4O4S/c1-2-7-31(36(34)35)19-6-5-18(26)20(21(19)27)22(32)16-11-30-24-14(16)9-13(10-29-24)12-3-4-17(25)15(8-12)23(28)33/h3-6,8-11H,2,7H2,1H3,(H2,28,33)(H,29,30)(H,34,35). The summed E-state index contributed by atoms with van der Waals surface area (Å²) in [5, 5.41) is 0.443. The zero-order chi connectivity index (χ0) is 26.1. The molecule has 0 radical (unpaired) electrons. The number of hydrogen-bond donors (Lipinski definition) is 3. The molecular formula is C24H19ClF2N4O4S. The van der Waals surface area contributed by atoms with Gasteiger partial charge in [-0.25, -0.2) is 18.0 Å². The summed E-state index contributed by atoms with van der Waals surface area (Å²) >= 11 is 3.44. The topological polar surface area (TPSA) is 129 Å². The first kappa shape index (κ1) is 25.4. The highest BCUT2D eigenvalue weighted by Crippen LogP contribution is 2.32. The summed E-state index contributed by atoms with van der Waals surface area (Å²) in [6, 6.07) is 8.06. The number of nitrogens with two attached hydrogens (primary N) is 1. The first-order valence-electron chi connectivity index (χ1n) is 10.6. The van der Waals surface area contributed by atoms with Crippen molar-refractivity contribution < 1.29 is 27.1 Å². The fourth-order valence-electron chi connectivity index (χ4n) is 3.81. The molecule has 2 aromatic heterocycles. The molecule has 0 aliphatic rings. The summed E-state index contributed by atoms with van der Waals surface area (Å²) in [7, 11) is 0. The van der Waals surface area contributed by atoms with E-state index in [4.69, 9.17) is 17.3 Å². The zero-order valence-corrected chi connectivity index (χ0v) is 20.3. The molecule has 0 saturated heterocycles. The fourth-order valence-corrected chi connectivity index (χ4v) is 4.66. The Morgan fingerprint density at radius 1 is 1.17 bits per heavy atom. The molecule has 1 amide bonds. The number of hydrogen-bond acceptors (Lipinski definition) is 4. The first-order valence-corrected chi connectivity index (χ1v) is 12.1. The first-order chi connectivity index (χ1) is 17.1. The Bertz CT molecular complexity index is 1540. The molecule has 0 bridgehead atoms. The number of benzene rings is 2. The van der Waals surface area contributed by atoms with Gasteiger partial charge in [0.15, 0.2) is 5.82 Å². The monoisotopic (exact) mass is 532 g/mol. The van der Waals surface area contributed by atoms with E-state index in [-0.39, 0.29) is 39.4 Å². The minimum absolute atomic E-state index is 0.00798. The SMILES string of the molecule is CCCN(c1ccc(F)c(C(=O)c2c[nH]c3ncc(-c4ccc(Cl)c(C(N)=O)c4)cc23)c1F)S(=O)O. The predicted molar refractivity (Wildman–Crippen MR) is 133 cm³/mol.